The molecule has 2 rings (SSSR count). The molecule has 0 saturated carbocycles. The smallest absolute Gasteiger partial charge is 0.272 e. The van der Waals surface area contributed by atoms with Gasteiger partial charge >= 0.3 is 6.03 Å². The van der Waals surface area contributed by atoms with Gasteiger partial charge in [0.25, 0.3) is 5.91 Å². The van der Waals surface area contributed by atoms with Crippen LogP contribution < -0.4 is 10.2 Å². The number of nitrogens with one attached hydrogen (secondary N) is 1. The molecule has 17 heavy (non-hydrogen) atoms. The van der Waals surface area contributed by atoms with Crippen LogP contribution in [0.15, 0.2) is 24.4 Å². The Labute approximate surface area is 112 Å². The molecule has 0 bridgehead atoms. The minimum atomic E-state index is -0.625. The van der Waals surface area contributed by atoms with Crippen molar-refractivity contribution in [3.63, 3.8) is 0 Å². The van der Waals surface area contributed by atoms with Gasteiger partial charge in [0.05, 0.1) is 20.8 Å². The Morgan fingerprint density at radius 1 is 1.06 bits per heavy atom. The van der Waals surface area contributed by atoms with E-state index in [1.54, 1.807) is 0 Å². The van der Waals surface area contributed by atoms with Crippen molar-refractivity contribution in [3.8, 4) is 0 Å². The van der Waals surface area contributed by atoms with Crippen LogP contribution in [0.4, 0.5) is 10.5 Å². The lowest BCUT2D eigenvalue weighted by Gasteiger charge is -2.16. The normalized spacial score (nSPS) is 15.5. The summed E-state index contributed by atoms with van der Waals surface area (Å²) in [5, 5.41) is 2.78. The summed E-state index contributed by atoms with van der Waals surface area (Å²) in [6, 6.07) is 2.17. The van der Waals surface area contributed by atoms with E-state index in [-0.39, 0.29) is 26.5 Å². The first kappa shape index (κ1) is 12.2. The van der Waals surface area contributed by atoms with Gasteiger partial charge in [0.2, 0.25) is 0 Å². The Balaban J connectivity index is 2.55. The number of hydrogen-bond acceptors (Lipinski definition) is 2. The molecule has 0 atom stereocenters. The highest BCUT2D eigenvalue weighted by molar-refractivity contribution is 6.44. The molecule has 1 saturated heterocycles. The first-order valence-electron chi connectivity index (χ1n) is 4.40. The molecule has 0 spiro atoms. The van der Waals surface area contributed by atoms with Crippen molar-refractivity contribution in [1.29, 1.82) is 0 Å². The monoisotopic (exact) mass is 290 g/mol. The van der Waals surface area contributed by atoms with Gasteiger partial charge < -0.3 is 0 Å². The van der Waals surface area contributed by atoms with Crippen LogP contribution in [0.1, 0.15) is 0 Å². The molecule has 88 valence electrons. The third-order valence-corrected chi connectivity index (χ3v) is 3.21. The molecule has 1 aromatic carbocycles. The van der Waals surface area contributed by atoms with E-state index in [1.165, 1.54) is 12.1 Å². The van der Waals surface area contributed by atoms with Gasteiger partial charge in [-0.05, 0) is 12.1 Å². The number of benzene rings is 1. The number of rotatable bonds is 1. The van der Waals surface area contributed by atoms with Gasteiger partial charge in [-0.25, -0.2) is 4.79 Å². The maximum absolute atomic E-state index is 11.5. The van der Waals surface area contributed by atoms with Crippen molar-refractivity contribution in [3.05, 3.63) is 39.5 Å². The highest BCUT2D eigenvalue weighted by atomic mass is 35.5. The molecule has 1 aliphatic heterocycles. The summed E-state index contributed by atoms with van der Waals surface area (Å²) < 4.78 is 0. The van der Waals surface area contributed by atoms with Gasteiger partial charge in [0, 0.05) is 0 Å². The molecular formula is C10H5Cl3N2O2. The van der Waals surface area contributed by atoms with Crippen molar-refractivity contribution in [2.75, 3.05) is 4.90 Å². The minimum absolute atomic E-state index is 0.0183. The molecule has 1 aromatic rings. The molecule has 1 heterocycles. The summed E-state index contributed by atoms with van der Waals surface area (Å²) in [5.74, 6) is -0.572. The topological polar surface area (TPSA) is 49.4 Å². The zero-order valence-corrected chi connectivity index (χ0v) is 10.5. The average molecular weight is 292 g/mol. The second kappa shape index (κ2) is 4.22. The Bertz CT molecular complexity index is 557. The van der Waals surface area contributed by atoms with Crippen LogP contribution in [0.2, 0.25) is 15.1 Å². The van der Waals surface area contributed by atoms with Crippen molar-refractivity contribution in [2.24, 2.45) is 0 Å². The van der Waals surface area contributed by atoms with Crippen molar-refractivity contribution in [2.45, 2.75) is 0 Å². The predicted octanol–water partition coefficient (Wildman–Crippen LogP) is 3.22. The lowest BCUT2D eigenvalue weighted by Crippen LogP contribution is -2.27. The first-order chi connectivity index (χ1) is 7.91. The molecule has 1 N–H and O–H groups in total. The van der Waals surface area contributed by atoms with Crippen LogP contribution in [-0.4, -0.2) is 11.9 Å². The Kier molecular flexibility index (Phi) is 3.03. The second-order valence-electron chi connectivity index (χ2n) is 3.26. The van der Waals surface area contributed by atoms with Crippen molar-refractivity contribution in [1.82, 2.24) is 5.32 Å². The zero-order valence-electron chi connectivity index (χ0n) is 8.26. The average Bonchev–Trinajstić information content (AvgIpc) is 2.48. The molecule has 4 nitrogen and oxygen atoms in total. The summed E-state index contributed by atoms with van der Waals surface area (Å²) in [4.78, 5) is 23.8. The molecule has 0 aromatic heterocycles. The van der Waals surface area contributed by atoms with Gasteiger partial charge in [-0.15, -0.1) is 0 Å². The van der Waals surface area contributed by atoms with Crippen LogP contribution in [-0.2, 0) is 4.79 Å². The van der Waals surface area contributed by atoms with E-state index in [0.717, 1.165) is 4.90 Å². The van der Waals surface area contributed by atoms with Crippen LogP contribution in [0.25, 0.3) is 0 Å². The number of carbonyl (C=O) groups is 2. The lowest BCUT2D eigenvalue weighted by atomic mass is 10.3. The summed E-state index contributed by atoms with van der Waals surface area (Å²) in [7, 11) is 0. The van der Waals surface area contributed by atoms with E-state index in [2.05, 4.69) is 11.9 Å². The number of hydrogen-bond donors (Lipinski definition) is 1. The zero-order chi connectivity index (χ0) is 12.7. The van der Waals surface area contributed by atoms with E-state index < -0.39 is 11.9 Å². The number of urea groups is 1. The standard InChI is InChI=1S/C10H5Cl3N2O2/c1-4-9(16)14-10(17)15(4)8-3-6(12)5(11)2-7(8)13/h2-3H,1H2,(H,14,16,17). The van der Waals surface area contributed by atoms with Crippen molar-refractivity contribution >= 4 is 52.4 Å². The maximum atomic E-state index is 11.5. The third kappa shape index (κ3) is 1.99. The predicted molar refractivity (Wildman–Crippen MR) is 66.6 cm³/mol. The molecule has 3 amide bonds. The molecule has 0 aliphatic carbocycles. The number of imide groups is 1. The SMILES string of the molecule is C=C1C(=O)NC(=O)N1c1cc(Cl)c(Cl)cc1Cl. The first-order valence-corrected chi connectivity index (χ1v) is 5.54. The third-order valence-electron chi connectivity index (χ3n) is 2.19. The van der Waals surface area contributed by atoms with Crippen LogP contribution in [0.3, 0.4) is 0 Å². The highest BCUT2D eigenvalue weighted by Gasteiger charge is 2.34. The van der Waals surface area contributed by atoms with E-state index in [4.69, 9.17) is 34.8 Å². The molecule has 0 unspecified atom stereocenters. The van der Waals surface area contributed by atoms with E-state index in [1.807, 2.05) is 0 Å². The molecule has 7 heteroatoms. The fraction of sp³-hybridized carbons (Fsp3) is 0. The molecule has 1 fully saturated rings. The number of anilines is 1. The van der Waals surface area contributed by atoms with Gasteiger partial charge in [-0.3, -0.25) is 15.0 Å². The summed E-state index contributed by atoms with van der Waals surface area (Å²) >= 11 is 17.5. The van der Waals surface area contributed by atoms with Gasteiger partial charge in [-0.1, -0.05) is 41.4 Å². The fourth-order valence-electron chi connectivity index (χ4n) is 1.39. The number of nitrogens with zero attached hydrogens (tertiary/aromatic N) is 1. The number of carbonyl (C=O) groups excluding carboxylic acids is 2. The van der Waals surface area contributed by atoms with Gasteiger partial charge in [0.15, 0.2) is 0 Å². The number of halogens is 3. The number of amides is 3. The Morgan fingerprint density at radius 2 is 1.65 bits per heavy atom. The van der Waals surface area contributed by atoms with Crippen LogP contribution >= 0.6 is 34.8 Å². The lowest BCUT2D eigenvalue weighted by molar-refractivity contribution is -0.115. The van der Waals surface area contributed by atoms with Crippen molar-refractivity contribution < 1.29 is 9.59 Å². The highest BCUT2D eigenvalue weighted by Crippen LogP contribution is 2.36. The van der Waals surface area contributed by atoms with E-state index >= 15 is 0 Å². The second-order valence-corrected chi connectivity index (χ2v) is 4.48. The largest absolute Gasteiger partial charge is 0.333 e. The maximum Gasteiger partial charge on any atom is 0.333 e. The molecule has 1 aliphatic rings. The van der Waals surface area contributed by atoms with E-state index in [9.17, 15) is 9.59 Å². The van der Waals surface area contributed by atoms with Crippen LogP contribution in [0, 0.1) is 0 Å². The Hall–Kier alpha value is -1.23. The van der Waals surface area contributed by atoms with Crippen LogP contribution in [0.5, 0.6) is 0 Å². The summed E-state index contributed by atoms with van der Waals surface area (Å²) in [6.45, 7) is 3.49. The van der Waals surface area contributed by atoms with Gasteiger partial charge in [-0.2, -0.15) is 0 Å². The molecule has 0 radical (unpaired) electrons. The minimum Gasteiger partial charge on any atom is -0.272 e. The summed E-state index contributed by atoms with van der Waals surface area (Å²) in [5.41, 5.74) is 0.240. The Morgan fingerprint density at radius 3 is 2.18 bits per heavy atom. The fourth-order valence-corrected chi connectivity index (χ4v) is 2.01. The van der Waals surface area contributed by atoms with Gasteiger partial charge in [0.1, 0.15) is 5.70 Å². The quantitative estimate of drug-likeness (QED) is 0.491. The van der Waals surface area contributed by atoms with E-state index in [0.29, 0.717) is 0 Å². The summed E-state index contributed by atoms with van der Waals surface area (Å²) in [6.07, 6.45) is 0. The molecular weight excluding hydrogens is 286 g/mol.